The first-order valence-corrected chi connectivity index (χ1v) is 15.1. The second-order valence-electron chi connectivity index (χ2n) is 13.8. The maximum absolute atomic E-state index is 12.8. The first-order valence-electron chi connectivity index (χ1n) is 15.1. The number of anilines is 2. The molecule has 7 heteroatoms. The molecular weight excluding hydrogens is 492 g/mol. The number of fused-ring (bicyclic) bond motifs is 5. The molecule has 1 aromatic rings. The van der Waals surface area contributed by atoms with Gasteiger partial charge in [0.2, 0.25) is 11.8 Å². The quantitative estimate of drug-likeness (QED) is 0.349. The topological polar surface area (TPSA) is 119 Å². The molecule has 0 aliphatic heterocycles. The van der Waals surface area contributed by atoms with E-state index in [-0.39, 0.29) is 52.6 Å². The highest BCUT2D eigenvalue weighted by atomic mass is 16.3. The predicted octanol–water partition coefficient (Wildman–Crippen LogP) is 4.96. The number of benzene rings is 1. The van der Waals surface area contributed by atoms with Crippen molar-refractivity contribution in [2.45, 2.75) is 104 Å². The van der Waals surface area contributed by atoms with Gasteiger partial charge in [-0.05, 0) is 122 Å². The van der Waals surface area contributed by atoms with Crippen molar-refractivity contribution in [2.24, 2.45) is 46.3 Å². The lowest BCUT2D eigenvalue weighted by atomic mass is 9.43. The highest BCUT2D eigenvalue weighted by Gasteiger charge is 2.65. The Hall–Kier alpha value is -1.96. The highest BCUT2D eigenvalue weighted by Crippen LogP contribution is 2.68. The van der Waals surface area contributed by atoms with E-state index in [1.165, 1.54) is 6.92 Å². The molecule has 0 saturated heterocycles. The number of carbonyl (C=O) groups excluding carboxylic acids is 2. The van der Waals surface area contributed by atoms with Gasteiger partial charge in [0.1, 0.15) is 0 Å². The number of aliphatic hydroxyl groups excluding tert-OH is 3. The van der Waals surface area contributed by atoms with Crippen molar-refractivity contribution in [3.8, 4) is 0 Å². The van der Waals surface area contributed by atoms with Crippen molar-refractivity contribution in [2.75, 3.05) is 10.6 Å². The van der Waals surface area contributed by atoms with E-state index >= 15 is 0 Å². The maximum atomic E-state index is 12.8. The van der Waals surface area contributed by atoms with E-state index < -0.39 is 6.10 Å². The highest BCUT2D eigenvalue weighted by molar-refractivity contribution is 5.92. The third kappa shape index (κ3) is 5.15. The van der Waals surface area contributed by atoms with Crippen LogP contribution in [0.2, 0.25) is 0 Å². The van der Waals surface area contributed by atoms with E-state index in [0.717, 1.165) is 51.4 Å². The molecule has 0 radical (unpaired) electrons. The van der Waals surface area contributed by atoms with Gasteiger partial charge in [-0.2, -0.15) is 0 Å². The molecule has 5 N–H and O–H groups in total. The van der Waals surface area contributed by atoms with Gasteiger partial charge in [0.05, 0.1) is 18.3 Å². The second-order valence-corrected chi connectivity index (χ2v) is 13.8. The molecule has 4 saturated carbocycles. The Bertz CT molecular complexity index is 1060. The van der Waals surface area contributed by atoms with Crippen LogP contribution in [0.1, 0.15) is 85.5 Å². The second kappa shape index (κ2) is 10.8. The zero-order chi connectivity index (χ0) is 28.1. The Morgan fingerprint density at radius 1 is 0.949 bits per heavy atom. The summed E-state index contributed by atoms with van der Waals surface area (Å²) in [5.74, 6) is 1.55. The number of nitrogens with one attached hydrogen (secondary N) is 2. The number of rotatable bonds is 6. The number of aliphatic hydroxyl groups is 3. The molecule has 11 unspecified atom stereocenters. The zero-order valence-corrected chi connectivity index (χ0v) is 24.0. The fourth-order valence-corrected chi connectivity index (χ4v) is 9.76. The number of hydrogen-bond donors (Lipinski definition) is 5. The minimum Gasteiger partial charge on any atom is -0.393 e. The molecule has 7 nitrogen and oxygen atoms in total. The van der Waals surface area contributed by atoms with Crippen LogP contribution < -0.4 is 10.6 Å². The summed E-state index contributed by atoms with van der Waals surface area (Å²) in [4.78, 5) is 24.0. The summed E-state index contributed by atoms with van der Waals surface area (Å²) in [5, 5.41) is 39.2. The Labute approximate surface area is 233 Å². The Morgan fingerprint density at radius 2 is 1.62 bits per heavy atom. The molecule has 0 spiro atoms. The Morgan fingerprint density at radius 3 is 2.28 bits per heavy atom. The lowest BCUT2D eigenvalue weighted by Gasteiger charge is -2.63. The van der Waals surface area contributed by atoms with Gasteiger partial charge in [-0.1, -0.05) is 20.8 Å². The summed E-state index contributed by atoms with van der Waals surface area (Å²) >= 11 is 0. The van der Waals surface area contributed by atoms with Gasteiger partial charge < -0.3 is 26.0 Å². The average molecular weight is 541 g/mol. The Balaban J connectivity index is 1.23. The van der Waals surface area contributed by atoms with Gasteiger partial charge in [-0.3, -0.25) is 9.59 Å². The van der Waals surface area contributed by atoms with Crippen LogP contribution in [-0.4, -0.2) is 45.4 Å². The maximum Gasteiger partial charge on any atom is 0.224 e. The summed E-state index contributed by atoms with van der Waals surface area (Å²) in [6, 6.07) is 7.12. The van der Waals surface area contributed by atoms with Crippen LogP contribution in [0.25, 0.3) is 0 Å². The van der Waals surface area contributed by atoms with Crippen LogP contribution in [0.3, 0.4) is 0 Å². The van der Waals surface area contributed by atoms with Crippen LogP contribution in [0.5, 0.6) is 0 Å². The molecule has 11 atom stereocenters. The summed E-state index contributed by atoms with van der Waals surface area (Å²) in [6.45, 7) is 8.31. The van der Waals surface area contributed by atoms with E-state index in [2.05, 4.69) is 31.4 Å². The van der Waals surface area contributed by atoms with Crippen molar-refractivity contribution in [1.82, 2.24) is 0 Å². The van der Waals surface area contributed by atoms with Crippen molar-refractivity contribution < 1.29 is 24.9 Å². The molecule has 4 fully saturated rings. The minimum atomic E-state index is -0.413. The van der Waals surface area contributed by atoms with Crippen molar-refractivity contribution in [3.63, 3.8) is 0 Å². The van der Waals surface area contributed by atoms with E-state index in [4.69, 9.17) is 0 Å². The molecule has 0 aromatic heterocycles. The fourth-order valence-electron chi connectivity index (χ4n) is 9.76. The van der Waals surface area contributed by atoms with Crippen molar-refractivity contribution in [3.05, 3.63) is 24.3 Å². The molecule has 0 heterocycles. The van der Waals surface area contributed by atoms with Crippen molar-refractivity contribution >= 4 is 23.2 Å². The smallest absolute Gasteiger partial charge is 0.224 e. The molecular formula is C32H48N2O5. The van der Waals surface area contributed by atoms with E-state index in [1.54, 1.807) is 24.3 Å². The average Bonchev–Trinajstić information content (AvgIpc) is 3.23. The number of carbonyl (C=O) groups is 2. The third-order valence-electron chi connectivity index (χ3n) is 11.8. The molecule has 4 aliphatic carbocycles. The molecule has 1 aromatic carbocycles. The summed E-state index contributed by atoms with van der Waals surface area (Å²) in [5.41, 5.74) is 1.22. The molecule has 2 amide bonds. The minimum absolute atomic E-state index is 0.0285. The van der Waals surface area contributed by atoms with E-state index in [0.29, 0.717) is 35.5 Å². The lowest BCUT2D eigenvalue weighted by molar-refractivity contribution is -0.207. The van der Waals surface area contributed by atoms with Crippen LogP contribution in [0.4, 0.5) is 11.4 Å². The lowest BCUT2D eigenvalue weighted by Crippen LogP contribution is -2.62. The molecule has 4 aliphatic rings. The number of hydrogen-bond acceptors (Lipinski definition) is 5. The van der Waals surface area contributed by atoms with E-state index in [9.17, 15) is 24.9 Å². The molecule has 216 valence electrons. The molecule has 5 rings (SSSR count). The van der Waals surface area contributed by atoms with Crippen LogP contribution in [0.15, 0.2) is 24.3 Å². The Kier molecular flexibility index (Phi) is 7.90. The van der Waals surface area contributed by atoms with Gasteiger partial charge in [-0.15, -0.1) is 0 Å². The van der Waals surface area contributed by atoms with Crippen LogP contribution in [-0.2, 0) is 9.59 Å². The fraction of sp³-hybridized carbons (Fsp3) is 0.750. The molecule has 0 bridgehead atoms. The predicted molar refractivity (Wildman–Crippen MR) is 152 cm³/mol. The largest absolute Gasteiger partial charge is 0.393 e. The monoisotopic (exact) mass is 540 g/mol. The van der Waals surface area contributed by atoms with Crippen LogP contribution >= 0.6 is 0 Å². The first-order chi connectivity index (χ1) is 18.4. The van der Waals surface area contributed by atoms with Gasteiger partial charge >= 0.3 is 0 Å². The summed E-state index contributed by atoms with van der Waals surface area (Å²) in [7, 11) is 0. The molecule has 39 heavy (non-hydrogen) atoms. The number of amides is 2. The summed E-state index contributed by atoms with van der Waals surface area (Å²) < 4.78 is 0. The standard InChI is InChI=1S/C32H48N2O5/c1-18(5-12-29(39)34-22-8-6-21(7-9-22)33-19(2)35)24-10-11-25-30-26(17-28(38)32(24,25)4)31(3)14-13-23(36)15-20(31)16-27(30)37/h6-9,18,20,23-28,30,36-38H,5,10-17H2,1-4H3,(H,33,35)(H,34,39). The van der Waals surface area contributed by atoms with Crippen molar-refractivity contribution in [1.29, 1.82) is 0 Å². The van der Waals surface area contributed by atoms with Gasteiger partial charge in [0.25, 0.3) is 0 Å². The summed E-state index contributed by atoms with van der Waals surface area (Å²) in [6.07, 6.45) is 6.26. The first kappa shape index (κ1) is 28.6. The van der Waals surface area contributed by atoms with E-state index in [1.807, 2.05) is 0 Å². The zero-order valence-electron chi connectivity index (χ0n) is 24.0. The van der Waals surface area contributed by atoms with Gasteiger partial charge in [0, 0.05) is 24.7 Å². The normalized spacial score (nSPS) is 42.0. The van der Waals surface area contributed by atoms with Gasteiger partial charge in [-0.25, -0.2) is 0 Å². The third-order valence-corrected chi connectivity index (χ3v) is 11.8. The van der Waals surface area contributed by atoms with Crippen LogP contribution in [0, 0.1) is 46.3 Å². The van der Waals surface area contributed by atoms with Gasteiger partial charge in [0.15, 0.2) is 0 Å². The SMILES string of the molecule is CC(=O)Nc1ccc(NC(=O)CCC(C)C2CCC3C4C(O)CC5CC(O)CCC5(C)C4CC(O)C23C)cc1.